The van der Waals surface area contributed by atoms with Gasteiger partial charge in [-0.05, 0) is 64.1 Å². The second kappa shape index (κ2) is 15.5. The van der Waals surface area contributed by atoms with Crippen molar-refractivity contribution in [3.8, 4) is 11.1 Å². The molecule has 5 rings (SSSR count). The van der Waals surface area contributed by atoms with Crippen LogP contribution in [0.2, 0.25) is 0 Å². The van der Waals surface area contributed by atoms with Gasteiger partial charge in [-0.1, -0.05) is 88.4 Å². The molecule has 2 aliphatic rings. The van der Waals surface area contributed by atoms with Gasteiger partial charge in [-0.25, -0.2) is 9.59 Å². The van der Waals surface area contributed by atoms with Crippen LogP contribution in [-0.4, -0.2) is 52.4 Å². The molecular formula is C40H44N2O8. The van der Waals surface area contributed by atoms with Crippen molar-refractivity contribution in [1.29, 1.82) is 0 Å². The second-order valence-electron chi connectivity index (χ2n) is 14.1. The number of Topliss-reactive ketones (excluding diaryl/α,β-unsaturated/α-hetero) is 1. The molecule has 0 aliphatic heterocycles. The summed E-state index contributed by atoms with van der Waals surface area (Å²) in [5.74, 6) is -1.90. The highest BCUT2D eigenvalue weighted by Gasteiger charge is 2.35. The number of aliphatic carboxylic acids is 1. The summed E-state index contributed by atoms with van der Waals surface area (Å²) in [6.07, 6.45) is -0.0111. The molecule has 3 N–H and O–H groups in total. The number of carboxylic acids is 1. The average molecular weight is 681 g/mol. The number of hydrogen-bond acceptors (Lipinski definition) is 8. The Bertz CT molecular complexity index is 1780. The molecule has 0 bridgehead atoms. The summed E-state index contributed by atoms with van der Waals surface area (Å²) in [5.41, 5.74) is 6.07. The van der Waals surface area contributed by atoms with Crippen LogP contribution < -0.4 is 5.32 Å². The molecule has 0 spiro atoms. The lowest BCUT2D eigenvalue weighted by atomic mass is 9.75. The zero-order valence-corrected chi connectivity index (χ0v) is 28.9. The molecule has 10 nitrogen and oxygen atoms in total. The quantitative estimate of drug-likeness (QED) is 0.122. The number of hydrogen-bond donors (Lipinski definition) is 3. The van der Waals surface area contributed by atoms with Gasteiger partial charge in [-0.15, -0.1) is 0 Å². The van der Waals surface area contributed by atoms with Crippen LogP contribution in [-0.2, 0) is 30.5 Å². The summed E-state index contributed by atoms with van der Waals surface area (Å²) in [5, 5.41) is 22.8. The molecule has 0 unspecified atom stereocenters. The Kier molecular flexibility index (Phi) is 11.2. The van der Waals surface area contributed by atoms with Crippen molar-refractivity contribution in [1.82, 2.24) is 5.32 Å². The number of benzene rings is 3. The molecule has 0 saturated carbocycles. The number of carbonyl (C=O) groups is 4. The number of esters is 1. The second-order valence-corrected chi connectivity index (χ2v) is 14.1. The van der Waals surface area contributed by atoms with E-state index in [1.54, 1.807) is 24.3 Å². The fraction of sp³-hybridized carbons (Fsp3) is 0.375. The van der Waals surface area contributed by atoms with E-state index in [0.717, 1.165) is 22.3 Å². The van der Waals surface area contributed by atoms with Gasteiger partial charge in [0.1, 0.15) is 25.0 Å². The predicted molar refractivity (Wildman–Crippen MR) is 189 cm³/mol. The molecule has 0 heterocycles. The zero-order chi connectivity index (χ0) is 36.0. The van der Waals surface area contributed by atoms with E-state index < -0.39 is 24.1 Å². The molecule has 1 amide bonds. The first kappa shape index (κ1) is 36.0. The third kappa shape index (κ3) is 8.85. The lowest BCUT2D eigenvalue weighted by molar-refractivity contribution is -0.145. The number of aliphatic imine (C=N–C) groups is 1. The molecule has 3 aromatic rings. The van der Waals surface area contributed by atoms with Gasteiger partial charge in [0.15, 0.2) is 5.78 Å². The van der Waals surface area contributed by atoms with Gasteiger partial charge in [0.05, 0.1) is 17.0 Å². The smallest absolute Gasteiger partial charge is 0.407 e. The van der Waals surface area contributed by atoms with Crippen molar-refractivity contribution < 1.29 is 38.9 Å². The maximum Gasteiger partial charge on any atom is 0.407 e. The van der Waals surface area contributed by atoms with E-state index >= 15 is 0 Å². The third-order valence-corrected chi connectivity index (χ3v) is 8.91. The van der Waals surface area contributed by atoms with Crippen molar-refractivity contribution in [3.05, 3.63) is 101 Å². The Balaban J connectivity index is 1.12. The lowest BCUT2D eigenvalue weighted by Crippen LogP contribution is -2.41. The van der Waals surface area contributed by atoms with Crippen LogP contribution in [0.3, 0.4) is 0 Å². The fourth-order valence-corrected chi connectivity index (χ4v) is 6.57. The Labute approximate surface area is 292 Å². The standard InChI is InChI=1S/C40H44N2O8/c1-24(2)19-33(37-34(43)20-40(3,4)21-35(37)44)41-26-15-13-25(14-16-26)22-49-36(45)18-17-32(38(46)47)42-39(48)50-23-31-29-11-7-5-9-27(29)28-10-6-8-12-30(28)31/h5-16,24,31-32,43H,17-23H2,1-4H3,(H,42,48)(H,46,47)/t32-/m1/s1. The number of nitrogens with one attached hydrogen (secondary N) is 1. The number of allylic oxidation sites excluding steroid dienone is 2. The van der Waals surface area contributed by atoms with Crippen LogP contribution in [0.25, 0.3) is 11.1 Å². The minimum absolute atomic E-state index is 0.0359. The van der Waals surface area contributed by atoms with Crippen LogP contribution in [0.5, 0.6) is 0 Å². The molecule has 2 aliphatic carbocycles. The van der Waals surface area contributed by atoms with E-state index in [1.165, 1.54) is 0 Å². The Morgan fingerprint density at radius 3 is 2.12 bits per heavy atom. The van der Waals surface area contributed by atoms with Gasteiger partial charge in [-0.3, -0.25) is 14.6 Å². The highest BCUT2D eigenvalue weighted by Crippen LogP contribution is 2.44. The van der Waals surface area contributed by atoms with E-state index in [0.29, 0.717) is 41.8 Å². The van der Waals surface area contributed by atoms with Gasteiger partial charge in [0, 0.05) is 25.2 Å². The number of alkyl carbamates (subject to hydrolysis) is 1. The maximum absolute atomic E-state index is 13.0. The Morgan fingerprint density at radius 2 is 1.54 bits per heavy atom. The number of ether oxygens (including phenoxy) is 2. The predicted octanol–water partition coefficient (Wildman–Crippen LogP) is 7.82. The Hall–Kier alpha value is -5.25. The molecule has 50 heavy (non-hydrogen) atoms. The zero-order valence-electron chi connectivity index (χ0n) is 28.9. The van der Waals surface area contributed by atoms with Gasteiger partial charge in [0.2, 0.25) is 0 Å². The van der Waals surface area contributed by atoms with E-state index in [-0.39, 0.29) is 54.8 Å². The molecule has 262 valence electrons. The third-order valence-electron chi connectivity index (χ3n) is 8.91. The van der Waals surface area contributed by atoms with Gasteiger partial charge in [0.25, 0.3) is 0 Å². The number of nitrogens with zero attached hydrogens (tertiary/aromatic N) is 1. The highest BCUT2D eigenvalue weighted by atomic mass is 16.5. The van der Waals surface area contributed by atoms with Gasteiger partial charge < -0.3 is 25.0 Å². The van der Waals surface area contributed by atoms with Crippen molar-refractivity contribution in [2.75, 3.05) is 6.61 Å². The topological polar surface area (TPSA) is 152 Å². The molecule has 3 aromatic carbocycles. The number of ketones is 1. The van der Waals surface area contributed by atoms with E-state index in [2.05, 4.69) is 5.32 Å². The van der Waals surface area contributed by atoms with Crippen molar-refractivity contribution in [2.24, 2.45) is 16.3 Å². The number of aliphatic hydroxyl groups is 1. The van der Waals surface area contributed by atoms with Gasteiger partial charge >= 0.3 is 18.0 Å². The summed E-state index contributed by atoms with van der Waals surface area (Å²) < 4.78 is 10.8. The lowest BCUT2D eigenvalue weighted by Gasteiger charge is -2.30. The molecule has 0 fully saturated rings. The monoisotopic (exact) mass is 680 g/mol. The summed E-state index contributed by atoms with van der Waals surface area (Å²) in [6.45, 7) is 7.96. The first-order valence-electron chi connectivity index (χ1n) is 16.9. The normalized spacial score (nSPS) is 16.1. The fourth-order valence-electron chi connectivity index (χ4n) is 6.57. The summed E-state index contributed by atoms with van der Waals surface area (Å²) in [4.78, 5) is 54.7. The number of fused-ring (bicyclic) bond motifs is 3. The maximum atomic E-state index is 13.0. The van der Waals surface area contributed by atoms with Crippen LogP contribution in [0.15, 0.2) is 89.1 Å². The Morgan fingerprint density at radius 1 is 0.920 bits per heavy atom. The summed E-state index contributed by atoms with van der Waals surface area (Å²) in [6, 6.07) is 21.5. The SMILES string of the molecule is CC(C)CC(=Nc1ccc(COC(=O)CC[C@@H](NC(=O)OCC2c3ccccc3-c3ccccc32)C(=O)O)cc1)C1=C(O)CC(C)(C)CC1=O. The van der Waals surface area contributed by atoms with E-state index in [4.69, 9.17) is 14.5 Å². The number of amides is 1. The minimum atomic E-state index is -1.34. The van der Waals surface area contributed by atoms with Crippen molar-refractivity contribution in [2.45, 2.75) is 78.4 Å². The molecule has 0 saturated heterocycles. The summed E-state index contributed by atoms with van der Waals surface area (Å²) >= 11 is 0. The average Bonchev–Trinajstić information content (AvgIpc) is 3.37. The first-order chi connectivity index (χ1) is 23.8. The molecule has 0 radical (unpaired) electrons. The van der Waals surface area contributed by atoms with Crippen LogP contribution in [0, 0.1) is 11.3 Å². The minimum Gasteiger partial charge on any atom is -0.511 e. The van der Waals surface area contributed by atoms with Crippen molar-refractivity contribution in [3.63, 3.8) is 0 Å². The van der Waals surface area contributed by atoms with Crippen LogP contribution in [0.1, 0.15) is 82.4 Å². The molecule has 10 heteroatoms. The molecular weight excluding hydrogens is 636 g/mol. The summed E-state index contributed by atoms with van der Waals surface area (Å²) in [7, 11) is 0. The van der Waals surface area contributed by atoms with Crippen LogP contribution >= 0.6 is 0 Å². The van der Waals surface area contributed by atoms with Crippen molar-refractivity contribution >= 4 is 35.2 Å². The number of aliphatic hydroxyl groups excluding tert-OH is 1. The largest absolute Gasteiger partial charge is 0.511 e. The molecule has 0 aromatic heterocycles. The number of carboxylic acid groups (broad SMARTS) is 1. The molecule has 1 atom stereocenters. The number of rotatable bonds is 13. The van der Waals surface area contributed by atoms with Gasteiger partial charge in [-0.2, -0.15) is 0 Å². The van der Waals surface area contributed by atoms with E-state index in [9.17, 15) is 29.4 Å². The highest BCUT2D eigenvalue weighted by molar-refractivity contribution is 6.23. The first-order valence-corrected chi connectivity index (χ1v) is 16.9. The van der Waals surface area contributed by atoms with E-state index in [1.807, 2.05) is 76.2 Å². The van der Waals surface area contributed by atoms with Crippen LogP contribution in [0.4, 0.5) is 10.5 Å². The number of carbonyl (C=O) groups excluding carboxylic acids is 3.